The Morgan fingerprint density at radius 3 is 2.42 bits per heavy atom. The van der Waals surface area contributed by atoms with E-state index in [1.807, 2.05) is 12.1 Å². The van der Waals surface area contributed by atoms with Crippen LogP contribution >= 0.6 is 11.6 Å². The van der Waals surface area contributed by atoms with E-state index in [1.165, 1.54) is 13.2 Å². The molecule has 1 aromatic heterocycles. The second kappa shape index (κ2) is 8.19. The molecule has 3 rings (SSSR count). The average molecular weight is 375 g/mol. The van der Waals surface area contributed by atoms with Gasteiger partial charge in [0.05, 0.1) is 23.3 Å². The number of rotatable bonds is 4. The molecule has 26 heavy (non-hydrogen) atoms. The monoisotopic (exact) mass is 374 g/mol. The highest BCUT2D eigenvalue weighted by molar-refractivity contribution is 6.30. The van der Waals surface area contributed by atoms with Crippen LogP contribution in [0.15, 0.2) is 42.6 Å². The third-order valence-corrected chi connectivity index (χ3v) is 4.49. The molecule has 0 aliphatic carbocycles. The van der Waals surface area contributed by atoms with Gasteiger partial charge in [-0.25, -0.2) is 14.6 Å². The van der Waals surface area contributed by atoms with Gasteiger partial charge in [0.15, 0.2) is 0 Å². The molecule has 7 heteroatoms. The number of anilines is 1. The Balaban J connectivity index is 1.56. The fourth-order valence-corrected chi connectivity index (χ4v) is 2.98. The van der Waals surface area contributed by atoms with Crippen LogP contribution in [0.2, 0.25) is 5.02 Å². The topological polar surface area (TPSA) is 68.7 Å². The lowest BCUT2D eigenvalue weighted by Crippen LogP contribution is -2.38. The molecule has 1 fully saturated rings. The number of hydrogen-bond acceptors (Lipinski definition) is 6. The van der Waals surface area contributed by atoms with Crippen molar-refractivity contribution in [3.8, 4) is 0 Å². The summed E-state index contributed by atoms with van der Waals surface area (Å²) < 4.78 is 10.3. The van der Waals surface area contributed by atoms with Crippen LogP contribution in [0.25, 0.3) is 0 Å². The number of ether oxygens (including phenoxy) is 2. The van der Waals surface area contributed by atoms with Crippen LogP contribution in [-0.2, 0) is 9.47 Å². The van der Waals surface area contributed by atoms with Crippen molar-refractivity contribution in [1.29, 1.82) is 0 Å². The second-order valence-corrected chi connectivity index (χ2v) is 6.44. The highest BCUT2D eigenvalue weighted by Crippen LogP contribution is 2.21. The van der Waals surface area contributed by atoms with E-state index >= 15 is 0 Å². The Morgan fingerprint density at radius 1 is 1.12 bits per heavy atom. The maximum absolute atomic E-state index is 12.4. The Hall–Kier alpha value is -2.60. The number of carbonyl (C=O) groups is 2. The van der Waals surface area contributed by atoms with Crippen molar-refractivity contribution < 1.29 is 19.1 Å². The average Bonchev–Trinajstić information content (AvgIpc) is 2.68. The zero-order valence-electron chi connectivity index (χ0n) is 14.4. The molecule has 0 saturated carbocycles. The summed E-state index contributed by atoms with van der Waals surface area (Å²) in [7, 11) is 1.30. The first kappa shape index (κ1) is 18.2. The lowest BCUT2D eigenvalue weighted by Gasteiger charge is -2.32. The third-order valence-electron chi connectivity index (χ3n) is 4.27. The molecule has 0 bridgehead atoms. The molecule has 1 aliphatic heterocycles. The molecular formula is C19H19ClN2O4. The molecule has 2 aromatic rings. The van der Waals surface area contributed by atoms with Gasteiger partial charge in [0, 0.05) is 32.1 Å². The van der Waals surface area contributed by atoms with Gasteiger partial charge in [0.1, 0.15) is 11.9 Å². The minimum absolute atomic E-state index is 0.159. The van der Waals surface area contributed by atoms with Gasteiger partial charge in [-0.15, -0.1) is 0 Å². The SMILES string of the molecule is COC(=O)c1cccc(C(=O)OC2CCN(c3ccc(Cl)cn3)CC2)c1. The van der Waals surface area contributed by atoms with Crippen molar-refractivity contribution in [2.45, 2.75) is 18.9 Å². The number of aromatic nitrogens is 1. The van der Waals surface area contributed by atoms with Crippen molar-refractivity contribution in [3.63, 3.8) is 0 Å². The van der Waals surface area contributed by atoms with Gasteiger partial charge in [-0.1, -0.05) is 17.7 Å². The van der Waals surface area contributed by atoms with Crippen molar-refractivity contribution in [3.05, 3.63) is 58.7 Å². The van der Waals surface area contributed by atoms with Crippen LogP contribution in [-0.4, -0.2) is 43.2 Å². The smallest absolute Gasteiger partial charge is 0.338 e. The van der Waals surface area contributed by atoms with E-state index in [9.17, 15) is 9.59 Å². The summed E-state index contributed by atoms with van der Waals surface area (Å²) in [6, 6.07) is 10.0. The molecule has 0 amide bonds. The normalized spacial score (nSPS) is 14.8. The Labute approximate surface area is 156 Å². The second-order valence-electron chi connectivity index (χ2n) is 6.00. The van der Waals surface area contributed by atoms with Gasteiger partial charge in [-0.05, 0) is 30.3 Å². The summed E-state index contributed by atoms with van der Waals surface area (Å²) in [6.45, 7) is 1.49. The summed E-state index contributed by atoms with van der Waals surface area (Å²) in [6.07, 6.45) is 2.89. The number of pyridine rings is 1. The molecule has 1 saturated heterocycles. The van der Waals surface area contributed by atoms with Gasteiger partial charge in [-0.3, -0.25) is 0 Å². The number of hydrogen-bond donors (Lipinski definition) is 0. The van der Waals surface area contributed by atoms with E-state index in [1.54, 1.807) is 24.4 Å². The summed E-state index contributed by atoms with van der Waals surface area (Å²) >= 11 is 5.86. The van der Waals surface area contributed by atoms with Gasteiger partial charge in [-0.2, -0.15) is 0 Å². The van der Waals surface area contributed by atoms with Crippen LogP contribution < -0.4 is 4.90 Å². The molecule has 136 valence electrons. The highest BCUT2D eigenvalue weighted by Gasteiger charge is 2.24. The maximum atomic E-state index is 12.4. The largest absolute Gasteiger partial charge is 0.465 e. The fourth-order valence-electron chi connectivity index (χ4n) is 2.87. The number of carbonyl (C=O) groups excluding carboxylic acids is 2. The molecular weight excluding hydrogens is 356 g/mol. The standard InChI is InChI=1S/C19H19ClN2O4/c1-25-18(23)13-3-2-4-14(11-13)19(24)26-16-7-9-22(10-8-16)17-6-5-15(20)12-21-17/h2-6,11-12,16H,7-10H2,1H3. The van der Waals surface area contributed by atoms with E-state index in [0.29, 0.717) is 29.0 Å². The number of nitrogens with zero attached hydrogens (tertiary/aromatic N) is 2. The molecule has 2 heterocycles. The molecule has 0 radical (unpaired) electrons. The highest BCUT2D eigenvalue weighted by atomic mass is 35.5. The molecule has 0 unspecified atom stereocenters. The zero-order chi connectivity index (χ0) is 18.5. The van der Waals surface area contributed by atoms with E-state index in [-0.39, 0.29) is 6.10 Å². The van der Waals surface area contributed by atoms with E-state index in [0.717, 1.165) is 18.9 Å². The van der Waals surface area contributed by atoms with Crippen molar-refractivity contribution in [1.82, 2.24) is 4.98 Å². The summed E-state index contributed by atoms with van der Waals surface area (Å²) in [5.74, 6) is -0.0489. The first-order chi connectivity index (χ1) is 12.6. The van der Waals surface area contributed by atoms with Crippen LogP contribution in [0, 0.1) is 0 Å². The zero-order valence-corrected chi connectivity index (χ0v) is 15.1. The summed E-state index contributed by atoms with van der Waals surface area (Å²) in [5.41, 5.74) is 0.667. The quantitative estimate of drug-likeness (QED) is 0.764. The lowest BCUT2D eigenvalue weighted by atomic mass is 10.1. The Morgan fingerprint density at radius 2 is 1.81 bits per heavy atom. The number of benzene rings is 1. The van der Waals surface area contributed by atoms with Crippen molar-refractivity contribution >= 4 is 29.4 Å². The summed E-state index contributed by atoms with van der Waals surface area (Å²) in [5, 5.41) is 0.603. The molecule has 0 spiro atoms. The molecule has 0 atom stereocenters. The third kappa shape index (κ3) is 4.32. The summed E-state index contributed by atoms with van der Waals surface area (Å²) in [4.78, 5) is 30.4. The van der Waals surface area contributed by atoms with Crippen LogP contribution in [0.4, 0.5) is 5.82 Å². The number of piperidine rings is 1. The maximum Gasteiger partial charge on any atom is 0.338 e. The fraction of sp³-hybridized carbons (Fsp3) is 0.316. The Bertz CT molecular complexity index is 786. The number of esters is 2. The van der Waals surface area contributed by atoms with Crippen LogP contribution in [0.1, 0.15) is 33.6 Å². The molecule has 0 N–H and O–H groups in total. The van der Waals surface area contributed by atoms with E-state index in [2.05, 4.69) is 14.6 Å². The molecule has 6 nitrogen and oxygen atoms in total. The van der Waals surface area contributed by atoms with Crippen LogP contribution in [0.3, 0.4) is 0 Å². The Kier molecular flexibility index (Phi) is 5.73. The van der Waals surface area contributed by atoms with E-state index < -0.39 is 11.9 Å². The first-order valence-corrected chi connectivity index (χ1v) is 8.70. The van der Waals surface area contributed by atoms with Gasteiger partial charge in [0.25, 0.3) is 0 Å². The minimum Gasteiger partial charge on any atom is -0.465 e. The van der Waals surface area contributed by atoms with Gasteiger partial charge >= 0.3 is 11.9 Å². The lowest BCUT2D eigenvalue weighted by molar-refractivity contribution is 0.0245. The molecule has 1 aliphatic rings. The number of methoxy groups -OCH3 is 1. The van der Waals surface area contributed by atoms with Crippen molar-refractivity contribution in [2.75, 3.05) is 25.1 Å². The van der Waals surface area contributed by atoms with Gasteiger partial charge in [0.2, 0.25) is 0 Å². The van der Waals surface area contributed by atoms with Crippen LogP contribution in [0.5, 0.6) is 0 Å². The first-order valence-electron chi connectivity index (χ1n) is 8.32. The molecule has 1 aromatic carbocycles. The predicted octanol–water partition coefficient (Wildman–Crippen LogP) is 3.35. The van der Waals surface area contributed by atoms with Gasteiger partial charge < -0.3 is 14.4 Å². The van der Waals surface area contributed by atoms with Crippen molar-refractivity contribution in [2.24, 2.45) is 0 Å². The van der Waals surface area contributed by atoms with E-state index in [4.69, 9.17) is 16.3 Å². The predicted molar refractivity (Wildman–Crippen MR) is 97.7 cm³/mol. The minimum atomic E-state index is -0.483. The number of halogens is 1.